The van der Waals surface area contributed by atoms with Crippen LogP contribution in [-0.2, 0) is 14.3 Å². The molecular formula is C21H22N2O8. The summed E-state index contributed by atoms with van der Waals surface area (Å²) in [5.41, 5.74) is 0.264. The Morgan fingerprint density at radius 1 is 1.03 bits per heavy atom. The van der Waals surface area contributed by atoms with E-state index in [9.17, 15) is 19.7 Å². The van der Waals surface area contributed by atoms with Crippen LogP contribution in [0.5, 0.6) is 17.2 Å². The van der Waals surface area contributed by atoms with Crippen LogP contribution in [0.25, 0.3) is 6.08 Å². The molecule has 0 radical (unpaired) electrons. The van der Waals surface area contributed by atoms with E-state index < -0.39 is 22.9 Å². The van der Waals surface area contributed by atoms with Crippen LogP contribution in [0.15, 0.2) is 42.5 Å². The predicted molar refractivity (Wildman–Crippen MR) is 112 cm³/mol. The van der Waals surface area contributed by atoms with Gasteiger partial charge in [-0.2, -0.15) is 0 Å². The van der Waals surface area contributed by atoms with Crippen molar-refractivity contribution in [3.05, 3.63) is 58.2 Å². The zero-order valence-corrected chi connectivity index (χ0v) is 17.4. The lowest BCUT2D eigenvalue weighted by Gasteiger charge is -2.13. The smallest absolute Gasteiger partial charge is 0.331 e. The molecule has 10 nitrogen and oxygen atoms in total. The molecule has 1 amide bonds. The van der Waals surface area contributed by atoms with Crippen molar-refractivity contribution < 1.29 is 33.5 Å². The average Bonchev–Trinajstić information content (AvgIpc) is 2.77. The lowest BCUT2D eigenvalue weighted by atomic mass is 10.2. The number of benzene rings is 2. The predicted octanol–water partition coefficient (Wildman–Crippen LogP) is 3.20. The van der Waals surface area contributed by atoms with Crippen molar-refractivity contribution in [3.8, 4) is 17.2 Å². The molecule has 0 bridgehead atoms. The van der Waals surface area contributed by atoms with Crippen molar-refractivity contribution in [2.75, 3.05) is 26.6 Å². The Bertz CT molecular complexity index is 1000. The van der Waals surface area contributed by atoms with Crippen molar-refractivity contribution >= 4 is 29.3 Å². The zero-order valence-electron chi connectivity index (χ0n) is 17.4. The summed E-state index contributed by atoms with van der Waals surface area (Å²) in [6, 6.07) is 9.04. The second kappa shape index (κ2) is 10.6. The van der Waals surface area contributed by atoms with Crippen LogP contribution in [0, 0.1) is 10.1 Å². The number of amides is 1. The molecule has 0 saturated carbocycles. The zero-order chi connectivity index (χ0) is 23.0. The highest BCUT2D eigenvalue weighted by atomic mass is 16.6. The first-order chi connectivity index (χ1) is 14.8. The van der Waals surface area contributed by atoms with Crippen molar-refractivity contribution in [1.82, 2.24) is 0 Å². The first-order valence-electron chi connectivity index (χ1n) is 9.03. The average molecular weight is 430 g/mol. The maximum atomic E-state index is 12.3. The molecule has 164 valence electrons. The van der Waals surface area contributed by atoms with Crippen LogP contribution < -0.4 is 19.5 Å². The van der Waals surface area contributed by atoms with Crippen LogP contribution in [0.2, 0.25) is 0 Å². The molecule has 0 aliphatic heterocycles. The Balaban J connectivity index is 2.02. The van der Waals surface area contributed by atoms with Gasteiger partial charge in [-0.15, -0.1) is 0 Å². The van der Waals surface area contributed by atoms with Gasteiger partial charge in [-0.3, -0.25) is 14.9 Å². The summed E-state index contributed by atoms with van der Waals surface area (Å²) >= 11 is 0. The molecule has 31 heavy (non-hydrogen) atoms. The van der Waals surface area contributed by atoms with Gasteiger partial charge in [-0.05, 0) is 42.8 Å². The number of ether oxygens (including phenoxy) is 4. The van der Waals surface area contributed by atoms with Crippen LogP contribution in [-0.4, -0.2) is 44.2 Å². The van der Waals surface area contributed by atoms with Gasteiger partial charge in [0.25, 0.3) is 11.6 Å². The summed E-state index contributed by atoms with van der Waals surface area (Å²) in [5, 5.41) is 13.6. The largest absolute Gasteiger partial charge is 0.496 e. The van der Waals surface area contributed by atoms with Gasteiger partial charge in [0.2, 0.25) is 0 Å². The third-order valence-corrected chi connectivity index (χ3v) is 4.14. The molecule has 1 atom stereocenters. The number of carbonyl (C=O) groups is 2. The molecule has 0 saturated heterocycles. The molecule has 0 aliphatic rings. The number of nitrogens with zero attached hydrogens (tertiary/aromatic N) is 1. The molecule has 0 aromatic heterocycles. The SMILES string of the molecule is COc1ccc(NC(=O)C(C)OC(=O)/C=C/c2ccc(OC)c(OC)c2)c([N+](=O)[O-])c1. The quantitative estimate of drug-likeness (QED) is 0.278. The van der Waals surface area contributed by atoms with E-state index in [1.54, 1.807) is 18.2 Å². The number of anilines is 1. The molecule has 2 aromatic carbocycles. The lowest BCUT2D eigenvalue weighted by molar-refractivity contribution is -0.384. The monoisotopic (exact) mass is 430 g/mol. The normalized spacial score (nSPS) is 11.5. The minimum atomic E-state index is -1.19. The molecular weight excluding hydrogens is 408 g/mol. The van der Waals surface area contributed by atoms with E-state index >= 15 is 0 Å². The first-order valence-corrected chi connectivity index (χ1v) is 9.03. The van der Waals surface area contributed by atoms with Crippen LogP contribution in [0.1, 0.15) is 12.5 Å². The third kappa shape index (κ3) is 6.20. The summed E-state index contributed by atoms with van der Waals surface area (Å²) in [5.74, 6) is -0.181. The molecule has 1 unspecified atom stereocenters. The number of hydrogen-bond donors (Lipinski definition) is 1. The summed E-state index contributed by atoms with van der Waals surface area (Å²) in [7, 11) is 4.37. The van der Waals surface area contributed by atoms with E-state index in [-0.39, 0.29) is 17.1 Å². The highest BCUT2D eigenvalue weighted by Crippen LogP contribution is 2.29. The number of nitro groups is 1. The Kier molecular flexibility index (Phi) is 7.95. The van der Waals surface area contributed by atoms with Crippen LogP contribution in [0.4, 0.5) is 11.4 Å². The summed E-state index contributed by atoms with van der Waals surface area (Å²) in [6.45, 7) is 1.35. The summed E-state index contributed by atoms with van der Waals surface area (Å²) in [6.07, 6.45) is 1.45. The van der Waals surface area contributed by atoms with Gasteiger partial charge in [-0.1, -0.05) is 6.07 Å². The van der Waals surface area contributed by atoms with Gasteiger partial charge in [-0.25, -0.2) is 4.79 Å². The molecule has 2 aromatic rings. The van der Waals surface area contributed by atoms with Crippen molar-refractivity contribution in [2.45, 2.75) is 13.0 Å². The molecule has 1 N–H and O–H groups in total. The number of nitrogens with one attached hydrogen (secondary N) is 1. The van der Waals surface area contributed by atoms with E-state index in [1.807, 2.05) is 0 Å². The van der Waals surface area contributed by atoms with Crippen molar-refractivity contribution in [2.24, 2.45) is 0 Å². The van der Waals surface area contributed by atoms with Crippen molar-refractivity contribution in [1.29, 1.82) is 0 Å². The fraction of sp³-hybridized carbons (Fsp3) is 0.238. The van der Waals surface area contributed by atoms with Crippen molar-refractivity contribution in [3.63, 3.8) is 0 Å². The van der Waals surface area contributed by atoms with Gasteiger partial charge in [0, 0.05) is 6.08 Å². The Morgan fingerprint density at radius 3 is 2.35 bits per heavy atom. The van der Waals surface area contributed by atoms with Gasteiger partial charge in [0.15, 0.2) is 17.6 Å². The highest BCUT2D eigenvalue weighted by Gasteiger charge is 2.22. The Morgan fingerprint density at radius 2 is 1.74 bits per heavy atom. The maximum absolute atomic E-state index is 12.3. The lowest BCUT2D eigenvalue weighted by Crippen LogP contribution is -2.29. The fourth-order valence-corrected chi connectivity index (χ4v) is 2.52. The first kappa shape index (κ1) is 23.2. The van der Waals surface area contributed by atoms with Gasteiger partial charge in [0.05, 0.1) is 32.3 Å². The number of carbonyl (C=O) groups excluding carboxylic acids is 2. The molecule has 10 heteroatoms. The van der Waals surface area contributed by atoms with E-state index in [0.29, 0.717) is 17.1 Å². The Labute approximate surface area is 178 Å². The molecule has 0 heterocycles. The molecule has 2 rings (SSSR count). The number of hydrogen-bond acceptors (Lipinski definition) is 8. The number of esters is 1. The number of methoxy groups -OCH3 is 3. The second-order valence-corrected chi connectivity index (χ2v) is 6.16. The van der Waals surface area contributed by atoms with Crippen LogP contribution in [0.3, 0.4) is 0 Å². The standard InChI is InChI=1S/C21H22N2O8/c1-13(21(25)22-16-8-7-15(28-2)12-17(16)23(26)27)31-20(24)10-6-14-5-9-18(29-3)19(11-14)30-4/h5-13H,1-4H3,(H,22,25)/b10-6+. The minimum absolute atomic E-state index is 0.0421. The second-order valence-electron chi connectivity index (χ2n) is 6.16. The molecule has 0 fully saturated rings. The molecule has 0 aliphatic carbocycles. The summed E-state index contributed by atoms with van der Waals surface area (Å²) in [4.78, 5) is 34.9. The molecule has 0 spiro atoms. The maximum Gasteiger partial charge on any atom is 0.331 e. The number of rotatable bonds is 9. The third-order valence-electron chi connectivity index (χ3n) is 4.14. The van der Waals surface area contributed by atoms with Gasteiger partial charge >= 0.3 is 5.97 Å². The van der Waals surface area contributed by atoms with Gasteiger partial charge in [0.1, 0.15) is 11.4 Å². The van der Waals surface area contributed by atoms with E-state index in [0.717, 1.165) is 6.08 Å². The topological polar surface area (TPSA) is 126 Å². The fourth-order valence-electron chi connectivity index (χ4n) is 2.52. The minimum Gasteiger partial charge on any atom is -0.496 e. The number of nitro benzene ring substituents is 1. The van der Waals surface area contributed by atoms with Crippen LogP contribution >= 0.6 is 0 Å². The van der Waals surface area contributed by atoms with E-state index in [2.05, 4.69) is 5.32 Å². The van der Waals surface area contributed by atoms with Gasteiger partial charge < -0.3 is 24.3 Å². The van der Waals surface area contributed by atoms with E-state index in [1.165, 1.54) is 52.5 Å². The summed E-state index contributed by atoms with van der Waals surface area (Å²) < 4.78 is 20.4. The highest BCUT2D eigenvalue weighted by molar-refractivity contribution is 5.98. The Hall–Kier alpha value is -4.08. The van der Waals surface area contributed by atoms with E-state index in [4.69, 9.17) is 18.9 Å².